The van der Waals surface area contributed by atoms with Crippen LogP contribution in [0.3, 0.4) is 0 Å². The van der Waals surface area contributed by atoms with Crippen molar-refractivity contribution < 1.29 is 0 Å². The number of thioether (sulfide) groups is 2. The van der Waals surface area contributed by atoms with Crippen LogP contribution in [-0.2, 0) is 11.5 Å². The number of benzene rings is 3. The van der Waals surface area contributed by atoms with Crippen LogP contribution in [0.1, 0.15) is 16.7 Å². The minimum Gasteiger partial charge on any atom is -0.300 e. The van der Waals surface area contributed by atoms with Crippen molar-refractivity contribution in [3.05, 3.63) is 116 Å². The van der Waals surface area contributed by atoms with E-state index < -0.39 is 5.56 Å². The number of nitrogens with one attached hydrogen (secondary N) is 1. The molecule has 0 radical (unpaired) electrons. The van der Waals surface area contributed by atoms with Crippen molar-refractivity contribution in [3.63, 3.8) is 0 Å². The van der Waals surface area contributed by atoms with Crippen LogP contribution in [0.5, 0.6) is 0 Å². The van der Waals surface area contributed by atoms with Gasteiger partial charge in [0.05, 0.1) is 5.69 Å². The predicted molar refractivity (Wildman–Crippen MR) is 136 cm³/mol. The van der Waals surface area contributed by atoms with Gasteiger partial charge in [-0.1, -0.05) is 83.6 Å². The summed E-state index contributed by atoms with van der Waals surface area (Å²) < 4.78 is 0. The lowest BCUT2D eigenvalue weighted by Crippen LogP contribution is -2.14. The lowest BCUT2D eigenvalue weighted by atomic mass is 10.1. The van der Waals surface area contributed by atoms with Crippen molar-refractivity contribution in [2.75, 3.05) is 0 Å². The lowest BCUT2D eigenvalue weighted by Gasteiger charge is -2.08. The van der Waals surface area contributed by atoms with Crippen LogP contribution < -0.4 is 5.56 Å². The minimum absolute atomic E-state index is 0.00671. The largest absolute Gasteiger partial charge is 0.300 e. The topological polar surface area (TPSA) is 118 Å². The van der Waals surface area contributed by atoms with Crippen LogP contribution in [0.2, 0.25) is 0 Å². The summed E-state index contributed by atoms with van der Waals surface area (Å²) in [7, 11) is 0. The van der Waals surface area contributed by atoms with Gasteiger partial charge in [0, 0.05) is 32.6 Å². The fourth-order valence-electron chi connectivity index (χ4n) is 3.15. The SMILES string of the molecule is N#Cc1c(-c2ccc(SCc3ccccc3)cc2)nc(SCc2ccc(N=[N+]=[N-])cc2)[nH]c1=O. The van der Waals surface area contributed by atoms with Crippen LogP contribution in [0.15, 0.2) is 98.8 Å². The van der Waals surface area contributed by atoms with Crippen molar-refractivity contribution in [3.8, 4) is 17.3 Å². The molecule has 4 rings (SSSR count). The van der Waals surface area contributed by atoms with E-state index in [1.54, 1.807) is 23.9 Å². The van der Waals surface area contributed by atoms with Gasteiger partial charge in [0.25, 0.3) is 5.56 Å². The molecule has 0 spiro atoms. The first-order chi connectivity index (χ1) is 16.7. The molecule has 3 aromatic carbocycles. The number of nitrogens with zero attached hydrogens (tertiary/aromatic N) is 5. The van der Waals surface area contributed by atoms with Crippen LogP contribution in [-0.4, -0.2) is 9.97 Å². The number of H-pyrrole nitrogens is 1. The molecule has 166 valence electrons. The molecule has 1 aromatic heterocycles. The number of nitriles is 1. The van der Waals surface area contributed by atoms with Crippen LogP contribution in [0.25, 0.3) is 21.7 Å². The average Bonchev–Trinajstić information content (AvgIpc) is 2.88. The van der Waals surface area contributed by atoms with E-state index in [9.17, 15) is 10.1 Å². The highest BCUT2D eigenvalue weighted by Crippen LogP contribution is 2.28. The van der Waals surface area contributed by atoms with Gasteiger partial charge in [-0.2, -0.15) is 5.26 Å². The summed E-state index contributed by atoms with van der Waals surface area (Å²) in [5.74, 6) is 1.41. The Kier molecular flexibility index (Phi) is 7.68. The van der Waals surface area contributed by atoms with Crippen LogP contribution >= 0.6 is 23.5 Å². The Labute approximate surface area is 204 Å². The van der Waals surface area contributed by atoms with E-state index >= 15 is 0 Å². The molecule has 1 N–H and O–H groups in total. The highest BCUT2D eigenvalue weighted by molar-refractivity contribution is 7.98. The van der Waals surface area contributed by atoms with Gasteiger partial charge in [-0.15, -0.1) is 11.8 Å². The highest BCUT2D eigenvalue weighted by Gasteiger charge is 2.14. The number of hydrogen-bond acceptors (Lipinski definition) is 6. The number of hydrogen-bond donors (Lipinski definition) is 1. The molecule has 0 aliphatic heterocycles. The number of azide groups is 1. The molecule has 0 saturated heterocycles. The third-order valence-electron chi connectivity index (χ3n) is 4.86. The van der Waals surface area contributed by atoms with E-state index in [0.717, 1.165) is 16.2 Å². The van der Waals surface area contributed by atoms with E-state index in [0.29, 0.717) is 27.9 Å². The molecule has 0 saturated carbocycles. The van der Waals surface area contributed by atoms with Gasteiger partial charge in [0.15, 0.2) is 5.16 Å². The summed E-state index contributed by atoms with van der Waals surface area (Å²) in [4.78, 5) is 23.7. The fraction of sp³-hybridized carbons (Fsp3) is 0.0800. The van der Waals surface area contributed by atoms with Crippen LogP contribution in [0, 0.1) is 11.3 Å². The molecule has 0 unspecified atom stereocenters. The number of aromatic amines is 1. The first kappa shape index (κ1) is 23.2. The molecule has 0 aliphatic carbocycles. The standard InChI is InChI=1S/C25H18N6OS2/c26-14-22-23(19-8-12-21(13-9-19)33-15-17-4-2-1-3-5-17)28-25(29-24(22)32)34-16-18-6-10-20(11-7-18)30-31-27/h1-13H,15-16H2,(H,28,29,32). The van der Waals surface area contributed by atoms with Gasteiger partial charge in [-0.05, 0) is 28.8 Å². The van der Waals surface area contributed by atoms with Crippen molar-refractivity contribution in [1.82, 2.24) is 9.97 Å². The normalized spacial score (nSPS) is 10.3. The van der Waals surface area contributed by atoms with E-state index in [4.69, 9.17) is 5.53 Å². The lowest BCUT2D eigenvalue weighted by molar-refractivity contribution is 0.934. The second-order valence-electron chi connectivity index (χ2n) is 7.15. The van der Waals surface area contributed by atoms with E-state index in [2.05, 4.69) is 32.1 Å². The van der Waals surface area contributed by atoms with Gasteiger partial charge in [-0.3, -0.25) is 4.79 Å². The van der Waals surface area contributed by atoms with Crippen molar-refractivity contribution in [2.24, 2.45) is 5.11 Å². The second-order valence-corrected chi connectivity index (χ2v) is 9.16. The summed E-state index contributed by atoms with van der Waals surface area (Å²) in [6.07, 6.45) is 0. The maximum atomic E-state index is 12.5. The van der Waals surface area contributed by atoms with E-state index in [1.807, 2.05) is 60.7 Å². The maximum absolute atomic E-state index is 12.5. The van der Waals surface area contributed by atoms with Crippen molar-refractivity contribution >= 4 is 29.2 Å². The van der Waals surface area contributed by atoms with E-state index in [-0.39, 0.29) is 5.56 Å². The third-order valence-corrected chi connectivity index (χ3v) is 6.89. The number of rotatable bonds is 8. The highest BCUT2D eigenvalue weighted by atomic mass is 32.2. The summed E-state index contributed by atoms with van der Waals surface area (Å²) in [5, 5.41) is 13.5. The molecular weight excluding hydrogens is 464 g/mol. The molecule has 1 heterocycles. The number of aromatic nitrogens is 2. The molecule has 0 bridgehead atoms. The summed E-state index contributed by atoms with van der Waals surface area (Å²) in [6, 6.07) is 27.1. The molecule has 34 heavy (non-hydrogen) atoms. The summed E-state index contributed by atoms with van der Waals surface area (Å²) >= 11 is 3.08. The molecule has 7 nitrogen and oxygen atoms in total. The molecule has 4 aromatic rings. The smallest absolute Gasteiger partial charge is 0.270 e. The zero-order valence-electron chi connectivity index (χ0n) is 17.9. The maximum Gasteiger partial charge on any atom is 0.270 e. The Hall–Kier alpha value is -3.96. The van der Waals surface area contributed by atoms with Gasteiger partial charge >= 0.3 is 0 Å². The summed E-state index contributed by atoms with van der Waals surface area (Å²) in [5.41, 5.74) is 11.9. The van der Waals surface area contributed by atoms with Crippen molar-refractivity contribution in [1.29, 1.82) is 5.26 Å². The zero-order chi connectivity index (χ0) is 23.8. The van der Waals surface area contributed by atoms with Gasteiger partial charge in [-0.25, -0.2) is 4.98 Å². The van der Waals surface area contributed by atoms with E-state index in [1.165, 1.54) is 17.3 Å². The molecule has 0 amide bonds. The monoisotopic (exact) mass is 482 g/mol. The van der Waals surface area contributed by atoms with Gasteiger partial charge in [0.1, 0.15) is 11.6 Å². The summed E-state index contributed by atoms with van der Waals surface area (Å²) in [6.45, 7) is 0. The Balaban J connectivity index is 1.51. The average molecular weight is 483 g/mol. The molecular formula is C25H18N6OS2. The first-order valence-electron chi connectivity index (χ1n) is 10.2. The van der Waals surface area contributed by atoms with Crippen LogP contribution in [0.4, 0.5) is 5.69 Å². The molecule has 0 fully saturated rings. The second kappa shape index (κ2) is 11.3. The third kappa shape index (κ3) is 5.88. The predicted octanol–water partition coefficient (Wildman–Crippen LogP) is 6.83. The molecule has 0 aliphatic rings. The minimum atomic E-state index is -0.462. The molecule has 0 atom stereocenters. The zero-order valence-corrected chi connectivity index (χ0v) is 19.5. The first-order valence-corrected chi connectivity index (χ1v) is 12.2. The fourth-order valence-corrected chi connectivity index (χ4v) is 4.82. The van der Waals surface area contributed by atoms with Gasteiger partial charge in [0.2, 0.25) is 0 Å². The Morgan fingerprint density at radius 3 is 2.29 bits per heavy atom. The molecule has 9 heteroatoms. The Morgan fingerprint density at radius 2 is 1.62 bits per heavy atom. The van der Waals surface area contributed by atoms with Crippen molar-refractivity contribution in [2.45, 2.75) is 21.6 Å². The Morgan fingerprint density at radius 1 is 0.941 bits per heavy atom. The Bertz CT molecular complexity index is 1420. The quantitative estimate of drug-likeness (QED) is 0.0970. The van der Waals surface area contributed by atoms with Gasteiger partial charge < -0.3 is 4.98 Å².